The van der Waals surface area contributed by atoms with Crippen LogP contribution in [0.3, 0.4) is 0 Å². The Morgan fingerprint density at radius 1 is 1.12 bits per heavy atom. The Kier molecular flexibility index (Phi) is 5.01. The van der Waals surface area contributed by atoms with E-state index in [1.54, 1.807) is 20.1 Å². The number of carbonyl (C=O) groups is 1. The van der Waals surface area contributed by atoms with Crippen LogP contribution < -0.4 is 4.74 Å². The number of aromatic nitrogens is 1. The van der Waals surface area contributed by atoms with Crippen molar-refractivity contribution in [2.24, 2.45) is 0 Å². The summed E-state index contributed by atoms with van der Waals surface area (Å²) in [4.78, 5) is 17.7. The maximum Gasteiger partial charge on any atom is 0.356 e. The highest BCUT2D eigenvalue weighted by atomic mass is 32.2. The lowest BCUT2D eigenvalue weighted by Crippen LogP contribution is -2.07. The summed E-state index contributed by atoms with van der Waals surface area (Å²) in [5.41, 5.74) is 0.313. The van der Waals surface area contributed by atoms with Gasteiger partial charge in [0.2, 0.25) is 0 Å². The minimum Gasteiger partial charge on any atom is -0.497 e. The van der Waals surface area contributed by atoms with Crippen molar-refractivity contribution >= 4 is 28.5 Å². The highest BCUT2D eigenvalue weighted by Crippen LogP contribution is 2.34. The minimum absolute atomic E-state index is 0.313. The molecular weight excluding hydrogens is 322 g/mol. The molecular formula is C19H17NO3S. The van der Waals surface area contributed by atoms with E-state index in [1.165, 1.54) is 11.8 Å². The second-order valence-corrected chi connectivity index (χ2v) is 6.10. The van der Waals surface area contributed by atoms with Crippen LogP contribution in [0.15, 0.2) is 64.5 Å². The summed E-state index contributed by atoms with van der Waals surface area (Å²) in [7, 11) is 1.63. The number of pyridine rings is 1. The average molecular weight is 339 g/mol. The van der Waals surface area contributed by atoms with Crippen LogP contribution in [-0.2, 0) is 4.74 Å². The molecule has 1 heterocycles. The summed E-state index contributed by atoms with van der Waals surface area (Å²) in [5.74, 6) is 0.341. The molecule has 24 heavy (non-hydrogen) atoms. The Labute approximate surface area is 144 Å². The van der Waals surface area contributed by atoms with Gasteiger partial charge in [0, 0.05) is 10.3 Å². The number of rotatable bonds is 5. The third kappa shape index (κ3) is 3.51. The van der Waals surface area contributed by atoms with Crippen LogP contribution in [0.1, 0.15) is 17.4 Å². The van der Waals surface area contributed by atoms with Crippen molar-refractivity contribution in [2.45, 2.75) is 16.8 Å². The van der Waals surface area contributed by atoms with Gasteiger partial charge in [-0.2, -0.15) is 0 Å². The Balaban J connectivity index is 2.12. The maximum atomic E-state index is 12.1. The monoisotopic (exact) mass is 339 g/mol. The largest absolute Gasteiger partial charge is 0.497 e. The van der Waals surface area contributed by atoms with E-state index in [0.717, 1.165) is 26.4 Å². The number of hydrogen-bond acceptors (Lipinski definition) is 5. The Morgan fingerprint density at radius 3 is 2.62 bits per heavy atom. The van der Waals surface area contributed by atoms with Crippen molar-refractivity contribution in [1.82, 2.24) is 4.98 Å². The fraction of sp³-hybridized carbons (Fsp3) is 0.158. The summed E-state index contributed by atoms with van der Waals surface area (Å²) in [6.45, 7) is 2.10. The van der Waals surface area contributed by atoms with Crippen LogP contribution in [0.4, 0.5) is 0 Å². The first kappa shape index (κ1) is 16.3. The minimum atomic E-state index is -0.412. The lowest BCUT2D eigenvalue weighted by Gasteiger charge is -2.10. The number of esters is 1. The zero-order chi connectivity index (χ0) is 16.9. The molecule has 0 aliphatic rings. The first-order valence-corrected chi connectivity index (χ1v) is 8.41. The number of nitrogens with zero attached hydrogens (tertiary/aromatic N) is 1. The smallest absolute Gasteiger partial charge is 0.356 e. The molecule has 0 aliphatic heterocycles. The molecule has 3 rings (SSSR count). The average Bonchev–Trinajstić information content (AvgIpc) is 2.62. The van der Waals surface area contributed by atoms with Crippen LogP contribution in [0.5, 0.6) is 5.75 Å². The van der Waals surface area contributed by atoms with Gasteiger partial charge in [0.25, 0.3) is 0 Å². The lowest BCUT2D eigenvalue weighted by molar-refractivity contribution is 0.0519. The molecule has 1 aromatic heterocycles. The van der Waals surface area contributed by atoms with Gasteiger partial charge in [0.05, 0.1) is 13.7 Å². The summed E-state index contributed by atoms with van der Waals surface area (Å²) >= 11 is 1.51. The molecule has 0 unspecified atom stereocenters. The molecule has 0 saturated carbocycles. The van der Waals surface area contributed by atoms with Gasteiger partial charge in [-0.05, 0) is 42.6 Å². The topological polar surface area (TPSA) is 48.4 Å². The van der Waals surface area contributed by atoms with Crippen LogP contribution >= 0.6 is 11.8 Å². The SMILES string of the molecule is CCOC(=O)c1cc2ccc(OC)cc2c(Sc2ccccc2)n1. The van der Waals surface area contributed by atoms with Crippen LogP contribution in [-0.4, -0.2) is 24.7 Å². The van der Waals surface area contributed by atoms with Crippen molar-refractivity contribution in [1.29, 1.82) is 0 Å². The highest BCUT2D eigenvalue weighted by Gasteiger charge is 2.14. The van der Waals surface area contributed by atoms with E-state index in [2.05, 4.69) is 4.98 Å². The molecule has 0 atom stereocenters. The Bertz CT molecular complexity index is 865. The third-order valence-corrected chi connectivity index (χ3v) is 4.46. The second-order valence-electron chi connectivity index (χ2n) is 5.04. The molecule has 5 heteroatoms. The third-order valence-electron chi connectivity index (χ3n) is 3.45. The number of methoxy groups -OCH3 is 1. The summed E-state index contributed by atoms with van der Waals surface area (Å²) in [6.07, 6.45) is 0. The van der Waals surface area contributed by atoms with Crippen LogP contribution in [0.25, 0.3) is 10.8 Å². The van der Waals surface area contributed by atoms with E-state index in [9.17, 15) is 4.79 Å². The van der Waals surface area contributed by atoms with Crippen molar-refractivity contribution < 1.29 is 14.3 Å². The molecule has 0 N–H and O–H groups in total. The summed E-state index contributed by atoms with van der Waals surface area (Å²) in [6, 6.07) is 17.4. The van der Waals surface area contributed by atoms with Gasteiger partial charge < -0.3 is 9.47 Å². The van der Waals surface area contributed by atoms with E-state index in [4.69, 9.17) is 9.47 Å². The first-order valence-electron chi connectivity index (χ1n) is 7.60. The maximum absolute atomic E-state index is 12.1. The fourth-order valence-corrected chi connectivity index (χ4v) is 3.26. The number of fused-ring (bicyclic) bond motifs is 1. The standard InChI is InChI=1S/C19H17NO3S/c1-3-23-19(21)17-11-13-9-10-14(22-2)12-16(13)18(20-17)24-15-7-5-4-6-8-15/h4-12H,3H2,1-2H3. The Hall–Kier alpha value is -2.53. The molecule has 3 aromatic rings. The van der Waals surface area contributed by atoms with E-state index in [-0.39, 0.29) is 0 Å². The summed E-state index contributed by atoms with van der Waals surface area (Å²) < 4.78 is 10.4. The Morgan fingerprint density at radius 2 is 1.92 bits per heavy atom. The van der Waals surface area contributed by atoms with E-state index in [1.807, 2.05) is 48.5 Å². The van der Waals surface area contributed by atoms with Crippen molar-refractivity contribution in [3.05, 3.63) is 60.3 Å². The van der Waals surface area contributed by atoms with Crippen molar-refractivity contribution in [3.63, 3.8) is 0 Å². The molecule has 0 radical (unpaired) electrons. The first-order chi connectivity index (χ1) is 11.7. The number of benzene rings is 2. The zero-order valence-corrected chi connectivity index (χ0v) is 14.3. The zero-order valence-electron chi connectivity index (χ0n) is 13.5. The van der Waals surface area contributed by atoms with Crippen molar-refractivity contribution in [2.75, 3.05) is 13.7 Å². The molecule has 0 amide bonds. The van der Waals surface area contributed by atoms with Gasteiger partial charge in [-0.3, -0.25) is 0 Å². The van der Waals surface area contributed by atoms with Gasteiger partial charge in [0.1, 0.15) is 16.5 Å². The molecule has 122 valence electrons. The van der Waals surface area contributed by atoms with Crippen LogP contribution in [0.2, 0.25) is 0 Å². The van der Waals surface area contributed by atoms with Crippen molar-refractivity contribution in [3.8, 4) is 5.75 Å². The van der Waals surface area contributed by atoms with Gasteiger partial charge in [-0.15, -0.1) is 0 Å². The van der Waals surface area contributed by atoms with E-state index < -0.39 is 5.97 Å². The second kappa shape index (κ2) is 7.36. The van der Waals surface area contributed by atoms with Crippen LogP contribution in [0, 0.1) is 0 Å². The van der Waals surface area contributed by atoms with E-state index in [0.29, 0.717) is 12.3 Å². The quantitative estimate of drug-likeness (QED) is 0.637. The predicted molar refractivity (Wildman–Crippen MR) is 94.8 cm³/mol. The number of ether oxygens (including phenoxy) is 2. The van der Waals surface area contributed by atoms with Gasteiger partial charge >= 0.3 is 5.97 Å². The molecule has 0 spiro atoms. The molecule has 0 aliphatic carbocycles. The normalized spacial score (nSPS) is 10.6. The molecule has 0 bridgehead atoms. The van der Waals surface area contributed by atoms with Gasteiger partial charge in [-0.1, -0.05) is 36.0 Å². The molecule has 0 saturated heterocycles. The summed E-state index contributed by atoms with van der Waals surface area (Å²) in [5, 5.41) is 2.61. The number of hydrogen-bond donors (Lipinski definition) is 0. The fourth-order valence-electron chi connectivity index (χ4n) is 2.31. The van der Waals surface area contributed by atoms with Gasteiger partial charge in [-0.25, -0.2) is 9.78 Å². The van der Waals surface area contributed by atoms with E-state index >= 15 is 0 Å². The lowest BCUT2D eigenvalue weighted by atomic mass is 10.1. The van der Waals surface area contributed by atoms with Gasteiger partial charge in [0.15, 0.2) is 0 Å². The highest BCUT2D eigenvalue weighted by molar-refractivity contribution is 7.99. The molecule has 4 nitrogen and oxygen atoms in total. The predicted octanol–water partition coefficient (Wildman–Crippen LogP) is 4.57. The number of carbonyl (C=O) groups excluding carboxylic acids is 1. The molecule has 2 aromatic carbocycles. The molecule has 0 fully saturated rings.